The molecule has 0 aliphatic rings. The standard InChI is InChI=1S/C12H16N4O3S/c17-8-6-10-1-3-11(4-2-10)20(18,19)15-7-5-12-13-9-14-16-12/h1-4,9,15,17H,5-8H2,(H,13,14,16). The second-order valence-corrected chi connectivity index (χ2v) is 5.96. The van der Waals surface area contributed by atoms with E-state index < -0.39 is 10.0 Å². The van der Waals surface area contributed by atoms with Crippen LogP contribution in [-0.4, -0.2) is 41.9 Å². The minimum Gasteiger partial charge on any atom is -0.396 e. The number of nitrogens with one attached hydrogen (secondary N) is 2. The Balaban J connectivity index is 1.95. The van der Waals surface area contributed by atoms with Crippen LogP contribution in [-0.2, 0) is 22.9 Å². The van der Waals surface area contributed by atoms with Crippen molar-refractivity contribution in [3.63, 3.8) is 0 Å². The molecule has 2 rings (SSSR count). The summed E-state index contributed by atoms with van der Waals surface area (Å²) < 4.78 is 26.5. The van der Waals surface area contributed by atoms with Crippen LogP contribution in [0.15, 0.2) is 35.5 Å². The van der Waals surface area contributed by atoms with Crippen LogP contribution >= 0.6 is 0 Å². The third kappa shape index (κ3) is 3.86. The fourth-order valence-corrected chi connectivity index (χ4v) is 2.73. The van der Waals surface area contributed by atoms with E-state index in [4.69, 9.17) is 5.11 Å². The number of aliphatic hydroxyl groups excluding tert-OH is 1. The molecule has 0 saturated carbocycles. The van der Waals surface area contributed by atoms with Crippen molar-refractivity contribution in [2.24, 2.45) is 0 Å². The fraction of sp³-hybridized carbons (Fsp3) is 0.333. The third-order valence-electron chi connectivity index (χ3n) is 2.75. The van der Waals surface area contributed by atoms with Gasteiger partial charge in [0.1, 0.15) is 12.2 Å². The summed E-state index contributed by atoms with van der Waals surface area (Å²) in [4.78, 5) is 4.12. The van der Waals surface area contributed by atoms with Crippen molar-refractivity contribution in [1.29, 1.82) is 0 Å². The number of benzene rings is 1. The van der Waals surface area contributed by atoms with Crippen molar-refractivity contribution in [1.82, 2.24) is 19.9 Å². The van der Waals surface area contributed by atoms with Crippen LogP contribution in [0.5, 0.6) is 0 Å². The van der Waals surface area contributed by atoms with Crippen molar-refractivity contribution < 1.29 is 13.5 Å². The molecule has 0 aliphatic carbocycles. The summed E-state index contributed by atoms with van der Waals surface area (Å²) in [6, 6.07) is 6.45. The van der Waals surface area contributed by atoms with Crippen LogP contribution in [0.2, 0.25) is 0 Å². The lowest BCUT2D eigenvalue weighted by atomic mass is 10.2. The molecule has 0 spiro atoms. The molecule has 1 aromatic heterocycles. The maximum absolute atomic E-state index is 12.0. The Morgan fingerprint density at radius 2 is 1.95 bits per heavy atom. The van der Waals surface area contributed by atoms with Crippen molar-refractivity contribution in [2.75, 3.05) is 13.2 Å². The number of nitrogens with zero attached hydrogens (tertiary/aromatic N) is 2. The first kappa shape index (κ1) is 14.6. The Kier molecular flexibility index (Phi) is 4.83. The molecule has 1 heterocycles. The summed E-state index contributed by atoms with van der Waals surface area (Å²) in [5.74, 6) is 0.631. The molecule has 2 aromatic rings. The molecule has 3 N–H and O–H groups in total. The van der Waals surface area contributed by atoms with Crippen molar-refractivity contribution in [2.45, 2.75) is 17.7 Å². The van der Waals surface area contributed by atoms with E-state index in [-0.39, 0.29) is 18.0 Å². The van der Waals surface area contributed by atoms with Gasteiger partial charge in [0.25, 0.3) is 0 Å². The zero-order valence-corrected chi connectivity index (χ0v) is 11.6. The molecule has 0 saturated heterocycles. The minimum atomic E-state index is -3.52. The van der Waals surface area contributed by atoms with E-state index in [1.807, 2.05) is 0 Å². The lowest BCUT2D eigenvalue weighted by Gasteiger charge is -2.06. The van der Waals surface area contributed by atoms with E-state index >= 15 is 0 Å². The van der Waals surface area contributed by atoms with Gasteiger partial charge in [-0.2, -0.15) is 5.10 Å². The molecule has 0 bridgehead atoms. The molecule has 8 heteroatoms. The van der Waals surface area contributed by atoms with Crippen LogP contribution in [0.3, 0.4) is 0 Å². The summed E-state index contributed by atoms with van der Waals surface area (Å²) >= 11 is 0. The number of hydrogen-bond donors (Lipinski definition) is 3. The lowest BCUT2D eigenvalue weighted by molar-refractivity contribution is 0.299. The predicted octanol–water partition coefficient (Wildman–Crippen LogP) is -0.140. The Hall–Kier alpha value is -1.77. The maximum atomic E-state index is 12.0. The number of H-pyrrole nitrogens is 1. The van der Waals surface area contributed by atoms with Crippen LogP contribution in [0.25, 0.3) is 0 Å². The first-order chi connectivity index (χ1) is 9.62. The lowest BCUT2D eigenvalue weighted by Crippen LogP contribution is -2.26. The normalized spacial score (nSPS) is 11.7. The van der Waals surface area contributed by atoms with Crippen molar-refractivity contribution in [3.05, 3.63) is 42.0 Å². The van der Waals surface area contributed by atoms with Gasteiger partial charge in [-0.1, -0.05) is 12.1 Å². The SMILES string of the molecule is O=S(=O)(NCCc1ncn[nH]1)c1ccc(CCO)cc1. The molecular weight excluding hydrogens is 280 g/mol. The topological polar surface area (TPSA) is 108 Å². The number of sulfonamides is 1. The number of rotatable bonds is 7. The zero-order valence-electron chi connectivity index (χ0n) is 10.8. The van der Waals surface area contributed by atoms with Gasteiger partial charge in [0.15, 0.2) is 0 Å². The Labute approximate surface area is 117 Å². The predicted molar refractivity (Wildman–Crippen MR) is 72.5 cm³/mol. The maximum Gasteiger partial charge on any atom is 0.240 e. The van der Waals surface area contributed by atoms with Crippen molar-refractivity contribution >= 4 is 10.0 Å². The summed E-state index contributed by atoms with van der Waals surface area (Å²) in [5, 5.41) is 15.2. The molecular formula is C12H16N4O3S. The minimum absolute atomic E-state index is 0.0432. The van der Waals surface area contributed by atoms with Gasteiger partial charge in [-0.3, -0.25) is 5.10 Å². The monoisotopic (exact) mass is 296 g/mol. The van der Waals surface area contributed by atoms with Gasteiger partial charge in [-0.15, -0.1) is 0 Å². The number of aromatic amines is 1. The van der Waals surface area contributed by atoms with Crippen molar-refractivity contribution in [3.8, 4) is 0 Å². The molecule has 0 radical (unpaired) electrons. The summed E-state index contributed by atoms with van der Waals surface area (Å²) in [7, 11) is -3.52. The second kappa shape index (κ2) is 6.60. The highest BCUT2D eigenvalue weighted by molar-refractivity contribution is 7.89. The zero-order chi connectivity index (χ0) is 14.4. The van der Waals surface area contributed by atoms with E-state index in [1.165, 1.54) is 18.5 Å². The molecule has 108 valence electrons. The van der Waals surface area contributed by atoms with Gasteiger partial charge in [0, 0.05) is 19.6 Å². The number of aromatic nitrogens is 3. The smallest absolute Gasteiger partial charge is 0.240 e. The largest absolute Gasteiger partial charge is 0.396 e. The second-order valence-electron chi connectivity index (χ2n) is 4.20. The molecule has 20 heavy (non-hydrogen) atoms. The van der Waals surface area contributed by atoms with Crippen LogP contribution in [0, 0.1) is 0 Å². The van der Waals surface area contributed by atoms with Gasteiger partial charge in [0.05, 0.1) is 4.90 Å². The van der Waals surface area contributed by atoms with Gasteiger partial charge >= 0.3 is 0 Å². The Morgan fingerprint density at radius 3 is 2.55 bits per heavy atom. The average Bonchev–Trinajstić information content (AvgIpc) is 2.93. The molecule has 7 nitrogen and oxygen atoms in total. The van der Waals surface area contributed by atoms with E-state index in [0.29, 0.717) is 18.7 Å². The quantitative estimate of drug-likeness (QED) is 0.659. The van der Waals surface area contributed by atoms with Gasteiger partial charge in [-0.05, 0) is 24.1 Å². The Morgan fingerprint density at radius 1 is 1.20 bits per heavy atom. The van der Waals surface area contributed by atoms with E-state index in [2.05, 4.69) is 19.9 Å². The Bertz CT molecular complexity index is 623. The van der Waals surface area contributed by atoms with Gasteiger partial charge in [-0.25, -0.2) is 18.1 Å². The van der Waals surface area contributed by atoms with E-state index in [9.17, 15) is 8.42 Å². The van der Waals surface area contributed by atoms with Crippen LogP contribution < -0.4 is 4.72 Å². The highest BCUT2D eigenvalue weighted by Crippen LogP contribution is 2.10. The van der Waals surface area contributed by atoms with E-state index in [0.717, 1.165) is 5.56 Å². The van der Waals surface area contributed by atoms with Gasteiger partial charge < -0.3 is 5.11 Å². The first-order valence-corrected chi connectivity index (χ1v) is 7.64. The average molecular weight is 296 g/mol. The highest BCUT2D eigenvalue weighted by Gasteiger charge is 2.13. The molecule has 0 amide bonds. The number of aliphatic hydroxyl groups is 1. The number of hydrogen-bond acceptors (Lipinski definition) is 5. The first-order valence-electron chi connectivity index (χ1n) is 6.15. The summed E-state index contributed by atoms with van der Waals surface area (Å²) in [6.07, 6.45) is 2.34. The molecule has 0 unspecified atom stereocenters. The van der Waals surface area contributed by atoms with Crippen LogP contribution in [0.4, 0.5) is 0 Å². The fourth-order valence-electron chi connectivity index (χ4n) is 1.70. The third-order valence-corrected chi connectivity index (χ3v) is 4.23. The highest BCUT2D eigenvalue weighted by atomic mass is 32.2. The molecule has 0 aliphatic heterocycles. The molecule has 0 fully saturated rings. The van der Waals surface area contributed by atoms with Gasteiger partial charge in [0.2, 0.25) is 10.0 Å². The molecule has 1 aromatic carbocycles. The molecule has 0 atom stereocenters. The van der Waals surface area contributed by atoms with Crippen LogP contribution in [0.1, 0.15) is 11.4 Å². The summed E-state index contributed by atoms with van der Waals surface area (Å²) in [6.45, 7) is 0.289. The van der Waals surface area contributed by atoms with E-state index in [1.54, 1.807) is 12.1 Å². The summed E-state index contributed by atoms with van der Waals surface area (Å²) in [5.41, 5.74) is 0.896.